The Morgan fingerprint density at radius 2 is 2.06 bits per heavy atom. The Balaban J connectivity index is 1.43. The number of aromatic nitrogens is 5. The molecule has 3 atom stereocenters. The first-order valence-electron chi connectivity index (χ1n) is 12.1. The summed E-state index contributed by atoms with van der Waals surface area (Å²) in [7, 11) is 2.29. The van der Waals surface area contributed by atoms with Crippen LogP contribution < -0.4 is 16.0 Å². The van der Waals surface area contributed by atoms with E-state index < -0.39 is 0 Å². The number of H-pyrrole nitrogens is 1. The van der Waals surface area contributed by atoms with Crippen molar-refractivity contribution in [3.05, 3.63) is 18.3 Å². The predicted octanol–water partition coefficient (Wildman–Crippen LogP) is 2.38. The maximum Gasteiger partial charge on any atom is 0.171 e. The Bertz CT molecular complexity index is 1110. The van der Waals surface area contributed by atoms with Gasteiger partial charge in [-0.05, 0) is 39.7 Å². The SMILES string of the molecule is CC1COCCN1c1cc(NC2CC3CCCC(C2)N3C)c2c(N)nn(-c3ccn[nH]3)c2n1. The lowest BCUT2D eigenvalue weighted by atomic mass is 9.82. The molecule has 2 bridgehead atoms. The molecule has 176 valence electrons. The summed E-state index contributed by atoms with van der Waals surface area (Å²) in [5.41, 5.74) is 8.23. The second-order valence-electron chi connectivity index (χ2n) is 9.80. The largest absolute Gasteiger partial charge is 0.382 e. The lowest BCUT2D eigenvalue weighted by molar-refractivity contribution is 0.0609. The van der Waals surface area contributed by atoms with Crippen LogP contribution in [0.4, 0.5) is 17.3 Å². The third-order valence-electron chi connectivity index (χ3n) is 7.73. The molecule has 6 rings (SSSR count). The van der Waals surface area contributed by atoms with Gasteiger partial charge < -0.3 is 25.6 Å². The number of morpholine rings is 1. The number of aromatic amines is 1. The molecule has 3 unspecified atom stereocenters. The Kier molecular flexibility index (Phi) is 5.14. The van der Waals surface area contributed by atoms with Crippen LogP contribution in [0.1, 0.15) is 39.0 Å². The van der Waals surface area contributed by atoms with Gasteiger partial charge in [-0.15, -0.1) is 5.10 Å². The van der Waals surface area contributed by atoms with Gasteiger partial charge >= 0.3 is 0 Å². The van der Waals surface area contributed by atoms with E-state index in [0.717, 1.165) is 47.7 Å². The van der Waals surface area contributed by atoms with E-state index in [0.29, 0.717) is 37.2 Å². The third-order valence-corrected chi connectivity index (χ3v) is 7.73. The fourth-order valence-corrected chi connectivity index (χ4v) is 5.95. The quantitative estimate of drug-likeness (QED) is 0.554. The summed E-state index contributed by atoms with van der Waals surface area (Å²) < 4.78 is 7.44. The molecule has 3 aromatic rings. The van der Waals surface area contributed by atoms with E-state index in [4.69, 9.17) is 15.5 Å². The second kappa shape index (κ2) is 8.18. The Hall–Kier alpha value is -2.85. The van der Waals surface area contributed by atoms with Gasteiger partial charge in [-0.1, -0.05) is 6.42 Å². The molecule has 3 fully saturated rings. The first kappa shape index (κ1) is 20.7. The molecule has 0 aromatic carbocycles. The van der Waals surface area contributed by atoms with Crippen LogP contribution in [-0.2, 0) is 4.74 Å². The number of nitrogens with two attached hydrogens (primary N) is 1. The molecule has 3 aliphatic rings. The number of nitrogens with one attached hydrogen (secondary N) is 2. The summed E-state index contributed by atoms with van der Waals surface area (Å²) >= 11 is 0. The van der Waals surface area contributed by atoms with Gasteiger partial charge in [0.05, 0.1) is 36.5 Å². The number of hydrogen-bond donors (Lipinski definition) is 3. The van der Waals surface area contributed by atoms with E-state index in [1.165, 1.54) is 19.3 Å². The minimum atomic E-state index is 0.250. The molecule has 3 aromatic heterocycles. The monoisotopic (exact) mass is 451 g/mol. The normalized spacial score (nSPS) is 28.4. The zero-order chi connectivity index (χ0) is 22.5. The van der Waals surface area contributed by atoms with Crippen LogP contribution in [0.5, 0.6) is 0 Å². The van der Waals surface area contributed by atoms with E-state index in [1.54, 1.807) is 10.9 Å². The van der Waals surface area contributed by atoms with Crippen molar-refractivity contribution < 1.29 is 4.74 Å². The van der Waals surface area contributed by atoms with Crippen LogP contribution in [0, 0.1) is 0 Å². The van der Waals surface area contributed by atoms with Crippen molar-refractivity contribution in [2.75, 3.05) is 42.8 Å². The molecule has 0 aliphatic carbocycles. The summed E-state index contributed by atoms with van der Waals surface area (Å²) in [5, 5.41) is 16.5. The van der Waals surface area contributed by atoms with Crippen molar-refractivity contribution in [1.82, 2.24) is 29.9 Å². The molecular weight excluding hydrogens is 418 g/mol. The van der Waals surface area contributed by atoms with E-state index in [-0.39, 0.29) is 6.04 Å². The fourth-order valence-electron chi connectivity index (χ4n) is 5.95. The van der Waals surface area contributed by atoms with Crippen LogP contribution >= 0.6 is 0 Å². The predicted molar refractivity (Wildman–Crippen MR) is 129 cm³/mol. The summed E-state index contributed by atoms with van der Waals surface area (Å²) in [4.78, 5) is 9.95. The van der Waals surface area contributed by atoms with Crippen LogP contribution in [0.25, 0.3) is 16.9 Å². The van der Waals surface area contributed by atoms with E-state index in [1.807, 2.05) is 6.07 Å². The van der Waals surface area contributed by atoms with Crippen molar-refractivity contribution in [2.24, 2.45) is 0 Å². The molecule has 4 N–H and O–H groups in total. The molecule has 0 amide bonds. The minimum absolute atomic E-state index is 0.250. The number of pyridine rings is 1. The summed E-state index contributed by atoms with van der Waals surface area (Å²) in [6.45, 7) is 4.39. The Labute approximate surface area is 193 Å². The van der Waals surface area contributed by atoms with Crippen molar-refractivity contribution in [3.63, 3.8) is 0 Å². The van der Waals surface area contributed by atoms with Crippen molar-refractivity contribution >= 4 is 28.4 Å². The first-order valence-corrected chi connectivity index (χ1v) is 12.1. The maximum absolute atomic E-state index is 6.47. The van der Waals surface area contributed by atoms with Crippen LogP contribution in [-0.4, -0.2) is 80.8 Å². The maximum atomic E-state index is 6.47. The number of anilines is 3. The highest BCUT2D eigenvalue weighted by Crippen LogP contribution is 2.38. The molecular formula is C23H33N9O. The lowest BCUT2D eigenvalue weighted by Crippen LogP contribution is -2.52. The fraction of sp³-hybridized carbons (Fsp3) is 0.609. The van der Waals surface area contributed by atoms with E-state index in [9.17, 15) is 0 Å². The lowest BCUT2D eigenvalue weighted by Gasteiger charge is -2.47. The zero-order valence-electron chi connectivity index (χ0n) is 19.4. The smallest absolute Gasteiger partial charge is 0.171 e. The summed E-state index contributed by atoms with van der Waals surface area (Å²) in [5.74, 6) is 2.15. The highest BCUT2D eigenvalue weighted by atomic mass is 16.5. The molecule has 33 heavy (non-hydrogen) atoms. The Morgan fingerprint density at radius 3 is 2.79 bits per heavy atom. The van der Waals surface area contributed by atoms with Crippen LogP contribution in [0.15, 0.2) is 18.3 Å². The van der Waals surface area contributed by atoms with E-state index >= 15 is 0 Å². The molecule has 3 saturated heterocycles. The van der Waals surface area contributed by atoms with Gasteiger partial charge in [-0.2, -0.15) is 9.78 Å². The second-order valence-corrected chi connectivity index (χ2v) is 9.80. The van der Waals surface area contributed by atoms with E-state index in [2.05, 4.69) is 50.5 Å². The number of hydrogen-bond acceptors (Lipinski definition) is 8. The topological polar surface area (TPSA) is 113 Å². The summed E-state index contributed by atoms with van der Waals surface area (Å²) in [6, 6.07) is 6.00. The third kappa shape index (κ3) is 3.61. The average molecular weight is 452 g/mol. The molecule has 10 nitrogen and oxygen atoms in total. The van der Waals surface area contributed by atoms with Crippen LogP contribution in [0.2, 0.25) is 0 Å². The summed E-state index contributed by atoms with van der Waals surface area (Å²) in [6.07, 6.45) is 7.92. The van der Waals surface area contributed by atoms with Crippen molar-refractivity contribution in [3.8, 4) is 5.82 Å². The molecule has 0 saturated carbocycles. The van der Waals surface area contributed by atoms with Gasteiger partial charge in [0.2, 0.25) is 0 Å². The number of nitrogens with zero attached hydrogens (tertiary/aromatic N) is 6. The average Bonchev–Trinajstić information content (AvgIpc) is 3.43. The highest BCUT2D eigenvalue weighted by molar-refractivity contribution is 6.00. The van der Waals surface area contributed by atoms with Crippen LogP contribution in [0.3, 0.4) is 0 Å². The number of fused-ring (bicyclic) bond motifs is 3. The number of rotatable bonds is 4. The van der Waals surface area contributed by atoms with Crippen molar-refractivity contribution in [2.45, 2.75) is 63.2 Å². The molecule has 3 aliphatic heterocycles. The Morgan fingerprint density at radius 1 is 1.24 bits per heavy atom. The van der Waals surface area contributed by atoms with Gasteiger partial charge in [0.15, 0.2) is 17.3 Å². The molecule has 10 heteroatoms. The van der Waals surface area contributed by atoms with Gasteiger partial charge in [-0.25, -0.2) is 4.98 Å². The number of nitrogen functional groups attached to an aromatic ring is 1. The standard InChI is InChI=1S/C23H33N9O/c1-14-13-33-9-8-31(14)20-12-18(26-15-10-16-4-3-5-17(11-15)30(16)2)21-22(24)29-32(23(21)27-20)19-6-7-25-28-19/h6-7,12,14-17H,3-5,8-11,13H2,1-2H3,(H2,24,29)(H,25,28)(H,26,27). The van der Waals surface area contributed by atoms with Gasteiger partial charge in [0.25, 0.3) is 0 Å². The number of ether oxygens (including phenoxy) is 1. The number of piperidine rings is 2. The molecule has 0 radical (unpaired) electrons. The minimum Gasteiger partial charge on any atom is -0.382 e. The molecule has 6 heterocycles. The van der Waals surface area contributed by atoms with Gasteiger partial charge in [-0.3, -0.25) is 5.10 Å². The van der Waals surface area contributed by atoms with Crippen molar-refractivity contribution in [1.29, 1.82) is 0 Å². The zero-order valence-corrected chi connectivity index (χ0v) is 19.4. The first-order chi connectivity index (χ1) is 16.1. The highest BCUT2D eigenvalue weighted by Gasteiger charge is 2.36. The van der Waals surface area contributed by atoms with Gasteiger partial charge in [0, 0.05) is 36.8 Å². The van der Waals surface area contributed by atoms with Gasteiger partial charge in [0.1, 0.15) is 5.82 Å². The molecule has 0 spiro atoms.